The van der Waals surface area contributed by atoms with E-state index in [4.69, 9.17) is 15.0 Å². The van der Waals surface area contributed by atoms with E-state index < -0.39 is 0 Å². The van der Waals surface area contributed by atoms with Gasteiger partial charge in [0, 0.05) is 19.1 Å². The molecular weight excluding hydrogens is 206 g/mol. The largest absolute Gasteiger partial charge is 0.374 e. The van der Waals surface area contributed by atoms with Crippen LogP contribution in [0, 0.1) is 5.41 Å². The predicted molar refractivity (Wildman–Crippen MR) is 60.8 cm³/mol. The first-order valence-corrected chi connectivity index (χ1v) is 5.58. The Kier molecular flexibility index (Phi) is 4.44. The van der Waals surface area contributed by atoms with Crippen LogP contribution in [0.15, 0.2) is 4.52 Å². The fourth-order valence-electron chi connectivity index (χ4n) is 1.12. The van der Waals surface area contributed by atoms with Gasteiger partial charge in [0.25, 0.3) is 0 Å². The summed E-state index contributed by atoms with van der Waals surface area (Å²) >= 11 is 0. The summed E-state index contributed by atoms with van der Waals surface area (Å²) in [6, 6.07) is 0.00731. The second-order valence-corrected chi connectivity index (χ2v) is 4.92. The molecule has 0 radical (unpaired) electrons. The number of hydrogen-bond donors (Lipinski definition) is 1. The fraction of sp³-hybridized carbons (Fsp3) is 0.818. The van der Waals surface area contributed by atoms with Crippen molar-refractivity contribution < 1.29 is 9.26 Å². The van der Waals surface area contributed by atoms with E-state index >= 15 is 0 Å². The minimum atomic E-state index is 0.00731. The van der Waals surface area contributed by atoms with Crippen molar-refractivity contribution in [1.29, 1.82) is 0 Å². The molecule has 0 saturated heterocycles. The standard InChI is InChI=1S/C11H21N3O2/c1-5-15-7-9-13-10(16-14-9)6-8(12)11(2,3)4/h8H,5-7,12H2,1-4H3. The maximum absolute atomic E-state index is 6.03. The Hall–Kier alpha value is -0.940. The normalized spacial score (nSPS) is 14.1. The van der Waals surface area contributed by atoms with E-state index in [2.05, 4.69) is 30.9 Å². The number of ether oxygens (including phenoxy) is 1. The molecule has 0 aromatic carbocycles. The number of nitrogens with two attached hydrogens (primary N) is 1. The zero-order valence-corrected chi connectivity index (χ0v) is 10.5. The van der Waals surface area contributed by atoms with Crippen LogP contribution >= 0.6 is 0 Å². The van der Waals surface area contributed by atoms with Gasteiger partial charge in [-0.3, -0.25) is 0 Å². The van der Waals surface area contributed by atoms with Gasteiger partial charge >= 0.3 is 0 Å². The molecular formula is C11H21N3O2. The van der Waals surface area contributed by atoms with E-state index in [0.717, 1.165) is 0 Å². The van der Waals surface area contributed by atoms with Crippen LogP contribution in [0.1, 0.15) is 39.4 Å². The lowest BCUT2D eigenvalue weighted by Crippen LogP contribution is -2.37. The molecule has 1 aromatic rings. The van der Waals surface area contributed by atoms with Gasteiger partial charge < -0.3 is 15.0 Å². The number of aromatic nitrogens is 2. The number of hydrogen-bond acceptors (Lipinski definition) is 5. The minimum Gasteiger partial charge on any atom is -0.374 e. The van der Waals surface area contributed by atoms with Gasteiger partial charge in [0.2, 0.25) is 5.89 Å². The van der Waals surface area contributed by atoms with Crippen LogP contribution in [0.4, 0.5) is 0 Å². The third kappa shape index (κ3) is 3.90. The molecule has 1 heterocycles. The van der Waals surface area contributed by atoms with Gasteiger partial charge in [0.15, 0.2) is 5.82 Å². The molecule has 0 amide bonds. The molecule has 16 heavy (non-hydrogen) atoms. The summed E-state index contributed by atoms with van der Waals surface area (Å²) in [5.74, 6) is 1.16. The number of rotatable bonds is 5. The summed E-state index contributed by atoms with van der Waals surface area (Å²) in [6.45, 7) is 9.24. The van der Waals surface area contributed by atoms with Gasteiger partial charge in [0.1, 0.15) is 6.61 Å². The SMILES string of the molecule is CCOCc1noc(CC(N)C(C)(C)C)n1. The lowest BCUT2D eigenvalue weighted by Gasteiger charge is -2.25. The molecule has 0 aliphatic heterocycles. The molecule has 2 N–H and O–H groups in total. The van der Waals surface area contributed by atoms with Gasteiger partial charge in [-0.25, -0.2) is 0 Å². The van der Waals surface area contributed by atoms with Crippen molar-refractivity contribution in [3.8, 4) is 0 Å². The van der Waals surface area contributed by atoms with Crippen molar-refractivity contribution in [3.63, 3.8) is 0 Å². The van der Waals surface area contributed by atoms with Crippen LogP contribution in [0.2, 0.25) is 0 Å². The molecule has 0 saturated carbocycles. The summed E-state index contributed by atoms with van der Waals surface area (Å²) in [5.41, 5.74) is 6.07. The summed E-state index contributed by atoms with van der Waals surface area (Å²) in [6.07, 6.45) is 0.600. The summed E-state index contributed by atoms with van der Waals surface area (Å²) < 4.78 is 10.3. The van der Waals surface area contributed by atoms with Crippen molar-refractivity contribution in [3.05, 3.63) is 11.7 Å². The van der Waals surface area contributed by atoms with Crippen molar-refractivity contribution in [2.45, 2.75) is 46.8 Å². The van der Waals surface area contributed by atoms with Crippen molar-refractivity contribution in [2.24, 2.45) is 11.1 Å². The highest BCUT2D eigenvalue weighted by atomic mass is 16.5. The average Bonchev–Trinajstić information content (AvgIpc) is 2.61. The highest BCUT2D eigenvalue weighted by Gasteiger charge is 2.23. The molecule has 0 bridgehead atoms. The molecule has 0 fully saturated rings. The summed E-state index contributed by atoms with van der Waals surface area (Å²) in [7, 11) is 0. The highest BCUT2D eigenvalue weighted by Crippen LogP contribution is 2.20. The van der Waals surface area contributed by atoms with Crippen LogP contribution in [0.25, 0.3) is 0 Å². The average molecular weight is 227 g/mol. The first-order valence-electron chi connectivity index (χ1n) is 5.58. The Morgan fingerprint density at radius 3 is 2.69 bits per heavy atom. The molecule has 1 aromatic heterocycles. The van der Waals surface area contributed by atoms with Gasteiger partial charge in [-0.2, -0.15) is 4.98 Å². The zero-order chi connectivity index (χ0) is 12.2. The Bertz CT molecular complexity index is 317. The molecule has 0 spiro atoms. The summed E-state index contributed by atoms with van der Waals surface area (Å²) in [5, 5.41) is 3.82. The van der Waals surface area contributed by atoms with Crippen LogP contribution in [0.5, 0.6) is 0 Å². The topological polar surface area (TPSA) is 74.2 Å². The Morgan fingerprint density at radius 1 is 1.44 bits per heavy atom. The fourth-order valence-corrected chi connectivity index (χ4v) is 1.12. The minimum absolute atomic E-state index is 0.00731. The molecule has 1 atom stereocenters. The van der Waals surface area contributed by atoms with E-state index in [0.29, 0.717) is 31.3 Å². The van der Waals surface area contributed by atoms with E-state index in [1.165, 1.54) is 0 Å². The lowest BCUT2D eigenvalue weighted by atomic mass is 9.85. The quantitative estimate of drug-likeness (QED) is 0.825. The molecule has 5 heteroatoms. The highest BCUT2D eigenvalue weighted by molar-refractivity contribution is 4.91. The molecule has 5 nitrogen and oxygen atoms in total. The Balaban J connectivity index is 2.52. The molecule has 1 unspecified atom stereocenters. The van der Waals surface area contributed by atoms with E-state index in [-0.39, 0.29) is 11.5 Å². The first kappa shape index (κ1) is 13.1. The van der Waals surface area contributed by atoms with Gasteiger partial charge in [-0.1, -0.05) is 25.9 Å². The van der Waals surface area contributed by atoms with E-state index in [1.54, 1.807) is 0 Å². The second-order valence-electron chi connectivity index (χ2n) is 4.92. The molecule has 92 valence electrons. The Labute approximate surface area is 96.4 Å². The lowest BCUT2D eigenvalue weighted by molar-refractivity contribution is 0.126. The van der Waals surface area contributed by atoms with Crippen molar-refractivity contribution in [1.82, 2.24) is 10.1 Å². The molecule has 1 rings (SSSR count). The van der Waals surface area contributed by atoms with Gasteiger partial charge in [-0.15, -0.1) is 0 Å². The third-order valence-electron chi connectivity index (χ3n) is 2.45. The summed E-state index contributed by atoms with van der Waals surface area (Å²) in [4.78, 5) is 4.22. The van der Waals surface area contributed by atoms with Crippen molar-refractivity contribution in [2.75, 3.05) is 6.61 Å². The monoisotopic (exact) mass is 227 g/mol. The third-order valence-corrected chi connectivity index (χ3v) is 2.45. The van der Waals surface area contributed by atoms with Crippen molar-refractivity contribution >= 4 is 0 Å². The predicted octanol–water partition coefficient (Wildman–Crippen LogP) is 1.52. The first-order chi connectivity index (χ1) is 7.43. The van der Waals surface area contributed by atoms with Crippen LogP contribution in [-0.2, 0) is 17.8 Å². The van der Waals surface area contributed by atoms with Gasteiger partial charge in [0.05, 0.1) is 0 Å². The number of nitrogens with zero attached hydrogens (tertiary/aromatic N) is 2. The van der Waals surface area contributed by atoms with Gasteiger partial charge in [-0.05, 0) is 12.3 Å². The smallest absolute Gasteiger partial charge is 0.228 e. The maximum atomic E-state index is 6.03. The molecule has 0 aliphatic carbocycles. The maximum Gasteiger partial charge on any atom is 0.228 e. The van der Waals surface area contributed by atoms with Crippen LogP contribution in [0.3, 0.4) is 0 Å². The molecule has 0 aliphatic rings. The Morgan fingerprint density at radius 2 is 2.12 bits per heavy atom. The van der Waals surface area contributed by atoms with Crippen LogP contribution < -0.4 is 5.73 Å². The van der Waals surface area contributed by atoms with E-state index in [9.17, 15) is 0 Å². The zero-order valence-electron chi connectivity index (χ0n) is 10.5. The van der Waals surface area contributed by atoms with Crippen LogP contribution in [-0.4, -0.2) is 22.8 Å². The van der Waals surface area contributed by atoms with E-state index in [1.807, 2.05) is 6.92 Å². The second kappa shape index (κ2) is 5.41.